The zero-order chi connectivity index (χ0) is 21.3. The van der Waals surface area contributed by atoms with Crippen LogP contribution in [0, 0.1) is 6.92 Å². The van der Waals surface area contributed by atoms with Crippen LogP contribution in [-0.2, 0) is 19.0 Å². The Morgan fingerprint density at radius 3 is 2.57 bits per heavy atom. The van der Waals surface area contributed by atoms with Crippen molar-refractivity contribution in [1.82, 2.24) is 24.9 Å². The van der Waals surface area contributed by atoms with Gasteiger partial charge in [-0.25, -0.2) is 0 Å². The summed E-state index contributed by atoms with van der Waals surface area (Å²) in [6.45, 7) is 2.01. The van der Waals surface area contributed by atoms with E-state index in [1.165, 1.54) is 23.9 Å². The topological polar surface area (TPSA) is 69.6 Å². The summed E-state index contributed by atoms with van der Waals surface area (Å²) < 4.78 is 45.8. The van der Waals surface area contributed by atoms with Gasteiger partial charge in [0.25, 0.3) is 0 Å². The molecule has 30 heavy (non-hydrogen) atoms. The first-order chi connectivity index (χ1) is 14.3. The molecule has 154 valence electrons. The number of hydrogen-bond acceptors (Lipinski definition) is 6. The van der Waals surface area contributed by atoms with Gasteiger partial charge in [0.05, 0.1) is 11.3 Å². The number of aryl methyl sites for hydroxylation is 1. The average Bonchev–Trinajstić information content (AvgIpc) is 3.33. The van der Waals surface area contributed by atoms with Gasteiger partial charge in [-0.3, -0.25) is 0 Å². The van der Waals surface area contributed by atoms with E-state index in [0.29, 0.717) is 10.9 Å². The van der Waals surface area contributed by atoms with Crippen LogP contribution < -0.4 is 0 Å². The highest BCUT2D eigenvalue weighted by Crippen LogP contribution is 2.32. The second-order valence-corrected chi connectivity index (χ2v) is 7.56. The van der Waals surface area contributed by atoms with Crippen molar-refractivity contribution in [1.29, 1.82) is 0 Å². The van der Waals surface area contributed by atoms with Crippen molar-refractivity contribution in [2.75, 3.05) is 0 Å². The molecular formula is C20H16F3N5OS. The Morgan fingerprint density at radius 2 is 1.80 bits per heavy atom. The summed E-state index contributed by atoms with van der Waals surface area (Å²) in [4.78, 5) is 4.20. The third kappa shape index (κ3) is 4.23. The lowest BCUT2D eigenvalue weighted by Gasteiger charge is -2.06. The van der Waals surface area contributed by atoms with Crippen LogP contribution in [0.5, 0.6) is 0 Å². The van der Waals surface area contributed by atoms with E-state index in [4.69, 9.17) is 4.52 Å². The second-order valence-electron chi connectivity index (χ2n) is 6.61. The van der Waals surface area contributed by atoms with E-state index in [1.807, 2.05) is 42.8 Å². The van der Waals surface area contributed by atoms with Crippen LogP contribution in [0.25, 0.3) is 22.8 Å². The normalized spacial score (nSPS) is 11.8. The zero-order valence-electron chi connectivity index (χ0n) is 16.0. The third-order valence-electron chi connectivity index (χ3n) is 4.35. The third-order valence-corrected chi connectivity index (χ3v) is 5.36. The van der Waals surface area contributed by atoms with E-state index in [1.54, 1.807) is 0 Å². The number of rotatable bonds is 5. The molecule has 0 aliphatic heterocycles. The lowest BCUT2D eigenvalue weighted by molar-refractivity contribution is -0.137. The Labute approximate surface area is 174 Å². The van der Waals surface area contributed by atoms with Gasteiger partial charge < -0.3 is 9.09 Å². The van der Waals surface area contributed by atoms with Gasteiger partial charge >= 0.3 is 6.18 Å². The van der Waals surface area contributed by atoms with Crippen LogP contribution in [0.2, 0.25) is 0 Å². The van der Waals surface area contributed by atoms with Crippen molar-refractivity contribution in [3.05, 3.63) is 65.5 Å². The minimum Gasteiger partial charge on any atom is -0.338 e. The first-order valence-electron chi connectivity index (χ1n) is 8.91. The Hall–Kier alpha value is -3.14. The highest BCUT2D eigenvalue weighted by molar-refractivity contribution is 7.98. The van der Waals surface area contributed by atoms with E-state index in [-0.39, 0.29) is 17.3 Å². The SMILES string of the molecule is Cc1cccc(-c2nnc(SCc3nc(-c4cccc(C(F)(F)F)c4)no3)n2C)c1. The van der Waals surface area contributed by atoms with Gasteiger partial charge in [-0.1, -0.05) is 52.8 Å². The molecule has 0 atom stereocenters. The maximum atomic E-state index is 12.9. The number of hydrogen-bond donors (Lipinski definition) is 0. The van der Waals surface area contributed by atoms with Gasteiger partial charge in [0.2, 0.25) is 11.7 Å². The Bertz CT molecular complexity index is 1190. The molecule has 0 saturated heterocycles. The fourth-order valence-electron chi connectivity index (χ4n) is 2.87. The number of alkyl halides is 3. The van der Waals surface area contributed by atoms with E-state index in [2.05, 4.69) is 20.3 Å². The molecule has 0 amide bonds. The van der Waals surface area contributed by atoms with Crippen molar-refractivity contribution < 1.29 is 17.7 Å². The summed E-state index contributed by atoms with van der Waals surface area (Å²) in [7, 11) is 1.86. The molecule has 4 aromatic rings. The monoisotopic (exact) mass is 431 g/mol. The van der Waals surface area contributed by atoms with Crippen molar-refractivity contribution >= 4 is 11.8 Å². The van der Waals surface area contributed by atoms with Crippen molar-refractivity contribution in [2.45, 2.75) is 24.0 Å². The van der Waals surface area contributed by atoms with Crippen molar-refractivity contribution in [3.63, 3.8) is 0 Å². The molecule has 0 bridgehead atoms. The highest BCUT2D eigenvalue weighted by Gasteiger charge is 2.30. The van der Waals surface area contributed by atoms with E-state index < -0.39 is 11.7 Å². The average molecular weight is 431 g/mol. The standard InChI is InChI=1S/C20H16F3N5OS/c1-12-5-3-7-14(9-12)18-25-26-19(28(18)2)30-11-16-24-17(27-29-16)13-6-4-8-15(10-13)20(21,22)23/h3-10H,11H2,1-2H3. The molecule has 0 aliphatic carbocycles. The Morgan fingerprint density at radius 1 is 1.03 bits per heavy atom. The summed E-state index contributed by atoms with van der Waals surface area (Å²) in [5, 5.41) is 12.9. The van der Waals surface area contributed by atoms with E-state index in [0.717, 1.165) is 29.1 Å². The van der Waals surface area contributed by atoms with Gasteiger partial charge in [0.1, 0.15) is 0 Å². The molecule has 2 heterocycles. The van der Waals surface area contributed by atoms with Crippen molar-refractivity contribution in [2.24, 2.45) is 7.05 Å². The number of thioether (sulfide) groups is 1. The fraction of sp³-hybridized carbons (Fsp3) is 0.200. The Balaban J connectivity index is 1.48. The molecule has 0 radical (unpaired) electrons. The molecule has 0 spiro atoms. The lowest BCUT2D eigenvalue weighted by Crippen LogP contribution is -2.04. The summed E-state index contributed by atoms with van der Waals surface area (Å²) in [5.74, 6) is 1.44. The molecule has 0 saturated carbocycles. The number of benzene rings is 2. The molecule has 10 heteroatoms. The molecule has 0 aliphatic rings. The molecule has 4 rings (SSSR count). The van der Waals surface area contributed by atoms with Crippen LogP contribution in [0.4, 0.5) is 13.2 Å². The molecule has 2 aromatic carbocycles. The zero-order valence-corrected chi connectivity index (χ0v) is 16.8. The van der Waals surface area contributed by atoms with Gasteiger partial charge in [-0.15, -0.1) is 10.2 Å². The first-order valence-corrected chi connectivity index (χ1v) is 9.89. The summed E-state index contributed by atoms with van der Waals surface area (Å²) >= 11 is 1.35. The quantitative estimate of drug-likeness (QED) is 0.407. The largest absolute Gasteiger partial charge is 0.416 e. The number of aromatic nitrogens is 5. The summed E-state index contributed by atoms with van der Waals surface area (Å²) in [6.07, 6.45) is -4.43. The van der Waals surface area contributed by atoms with E-state index >= 15 is 0 Å². The molecule has 2 aromatic heterocycles. The predicted octanol–water partition coefficient (Wildman–Crippen LogP) is 5.15. The molecule has 0 N–H and O–H groups in total. The molecule has 0 fully saturated rings. The van der Waals surface area contributed by atoms with Crippen LogP contribution >= 0.6 is 11.8 Å². The highest BCUT2D eigenvalue weighted by atomic mass is 32.2. The maximum absolute atomic E-state index is 12.9. The van der Waals surface area contributed by atoms with Gasteiger partial charge in [-0.05, 0) is 25.1 Å². The fourth-order valence-corrected chi connectivity index (χ4v) is 3.62. The first kappa shape index (κ1) is 20.1. The molecular weight excluding hydrogens is 415 g/mol. The van der Waals surface area contributed by atoms with E-state index in [9.17, 15) is 13.2 Å². The van der Waals surface area contributed by atoms with Crippen LogP contribution in [0.3, 0.4) is 0 Å². The van der Waals surface area contributed by atoms with Crippen molar-refractivity contribution in [3.8, 4) is 22.8 Å². The van der Waals surface area contributed by atoms with Crippen LogP contribution in [0.15, 0.2) is 58.2 Å². The second kappa shape index (κ2) is 7.94. The van der Waals surface area contributed by atoms with Gasteiger partial charge in [0, 0.05) is 18.2 Å². The number of nitrogens with zero attached hydrogens (tertiary/aromatic N) is 5. The van der Waals surface area contributed by atoms with Crippen LogP contribution in [0.1, 0.15) is 17.0 Å². The summed E-state index contributed by atoms with van der Waals surface area (Å²) in [5.41, 5.74) is 1.56. The Kier molecular flexibility index (Phi) is 5.33. The van der Waals surface area contributed by atoms with Crippen LogP contribution in [-0.4, -0.2) is 24.9 Å². The minimum atomic E-state index is -4.43. The number of halogens is 3. The smallest absolute Gasteiger partial charge is 0.338 e. The minimum absolute atomic E-state index is 0.107. The summed E-state index contributed by atoms with van der Waals surface area (Å²) in [6, 6.07) is 12.8. The lowest BCUT2D eigenvalue weighted by atomic mass is 10.1. The predicted molar refractivity (Wildman–Crippen MR) is 105 cm³/mol. The molecule has 0 unspecified atom stereocenters. The van der Waals surface area contributed by atoms with Gasteiger partial charge in [0.15, 0.2) is 11.0 Å². The maximum Gasteiger partial charge on any atom is 0.416 e. The molecule has 6 nitrogen and oxygen atoms in total. The van der Waals surface area contributed by atoms with Gasteiger partial charge in [-0.2, -0.15) is 18.2 Å².